The normalized spacial score (nSPS) is 19.8. The number of hydrogen-bond acceptors (Lipinski definition) is 3. The van der Waals surface area contributed by atoms with E-state index in [0.717, 1.165) is 49.3 Å². The minimum Gasteiger partial charge on any atom is -0.349 e. The number of nitrogens with zero attached hydrogens (tertiary/aromatic N) is 2. The lowest BCUT2D eigenvalue weighted by Gasteiger charge is -2.23. The van der Waals surface area contributed by atoms with Gasteiger partial charge in [-0.3, -0.25) is 14.8 Å². The molecule has 2 aromatic rings. The molecule has 0 unspecified atom stereocenters. The van der Waals surface area contributed by atoms with E-state index in [0.29, 0.717) is 11.7 Å². The van der Waals surface area contributed by atoms with E-state index in [2.05, 4.69) is 45.5 Å². The van der Waals surface area contributed by atoms with Crippen molar-refractivity contribution in [1.82, 2.24) is 20.4 Å². The maximum atomic E-state index is 12.6. The number of likely N-dealkylation sites (N-methyl/N-ethyl adjacent to an activating group) is 1. The molecule has 2 N–H and O–H groups in total. The molecule has 1 aromatic heterocycles. The van der Waals surface area contributed by atoms with Crippen molar-refractivity contribution in [3.63, 3.8) is 0 Å². The van der Waals surface area contributed by atoms with Crippen molar-refractivity contribution >= 4 is 5.91 Å². The maximum absolute atomic E-state index is 12.6. The van der Waals surface area contributed by atoms with Crippen molar-refractivity contribution in [2.75, 3.05) is 19.6 Å². The first-order chi connectivity index (χ1) is 11.8. The Kier molecular flexibility index (Phi) is 4.10. The van der Waals surface area contributed by atoms with Crippen LogP contribution in [0.1, 0.15) is 41.4 Å². The highest BCUT2D eigenvalue weighted by molar-refractivity contribution is 5.96. The number of rotatable bonds is 4. The number of benzene rings is 1. The molecule has 1 aliphatic carbocycles. The quantitative estimate of drug-likeness (QED) is 0.908. The van der Waals surface area contributed by atoms with Crippen LogP contribution in [0.3, 0.4) is 0 Å². The molecule has 0 radical (unpaired) electrons. The smallest absolute Gasteiger partial charge is 0.269 e. The molecule has 1 aromatic carbocycles. The van der Waals surface area contributed by atoms with Crippen LogP contribution in [0.25, 0.3) is 11.3 Å². The molecule has 2 aliphatic rings. The molecular formula is C19H24N4O. The fourth-order valence-corrected chi connectivity index (χ4v) is 4.09. The number of H-pyrrole nitrogens is 1. The van der Waals surface area contributed by atoms with Gasteiger partial charge in [0.1, 0.15) is 5.69 Å². The van der Waals surface area contributed by atoms with Gasteiger partial charge in [-0.25, -0.2) is 0 Å². The minimum absolute atomic E-state index is 0.0221. The van der Waals surface area contributed by atoms with E-state index in [1.54, 1.807) is 0 Å². The van der Waals surface area contributed by atoms with Gasteiger partial charge in [-0.1, -0.05) is 31.2 Å². The molecule has 1 saturated heterocycles. The zero-order valence-electron chi connectivity index (χ0n) is 14.1. The average Bonchev–Trinajstić information content (AvgIpc) is 3.26. The van der Waals surface area contributed by atoms with Gasteiger partial charge in [0.15, 0.2) is 0 Å². The van der Waals surface area contributed by atoms with Crippen molar-refractivity contribution < 1.29 is 4.79 Å². The molecule has 0 bridgehead atoms. The van der Waals surface area contributed by atoms with Gasteiger partial charge in [0.05, 0.1) is 5.69 Å². The second kappa shape index (κ2) is 6.40. The summed E-state index contributed by atoms with van der Waals surface area (Å²) in [5, 5.41) is 10.5. The number of amides is 1. The Morgan fingerprint density at radius 3 is 3.12 bits per heavy atom. The van der Waals surface area contributed by atoms with Crippen molar-refractivity contribution in [2.45, 2.75) is 38.6 Å². The van der Waals surface area contributed by atoms with Gasteiger partial charge in [0.2, 0.25) is 0 Å². The monoisotopic (exact) mass is 324 g/mol. The van der Waals surface area contributed by atoms with Crippen LogP contribution < -0.4 is 5.32 Å². The number of hydrogen-bond donors (Lipinski definition) is 2. The highest BCUT2D eigenvalue weighted by Gasteiger charge is 2.27. The first-order valence-corrected chi connectivity index (χ1v) is 8.95. The molecule has 1 atom stereocenters. The van der Waals surface area contributed by atoms with Gasteiger partial charge in [-0.15, -0.1) is 0 Å². The molecule has 1 aliphatic heterocycles. The minimum atomic E-state index is -0.0221. The third-order valence-corrected chi connectivity index (χ3v) is 5.41. The molecule has 2 heterocycles. The van der Waals surface area contributed by atoms with Gasteiger partial charge >= 0.3 is 0 Å². The van der Waals surface area contributed by atoms with Crippen molar-refractivity contribution in [3.05, 3.63) is 41.1 Å². The Morgan fingerprint density at radius 1 is 1.38 bits per heavy atom. The number of aromatic amines is 1. The predicted molar refractivity (Wildman–Crippen MR) is 94.0 cm³/mol. The third-order valence-electron chi connectivity index (χ3n) is 5.41. The second-order valence-electron chi connectivity index (χ2n) is 6.72. The Balaban J connectivity index is 1.50. The number of aromatic nitrogens is 2. The van der Waals surface area contributed by atoms with E-state index in [1.807, 2.05) is 6.07 Å². The van der Waals surface area contributed by atoms with Crippen LogP contribution in [0.15, 0.2) is 24.3 Å². The summed E-state index contributed by atoms with van der Waals surface area (Å²) in [5.74, 6) is -0.0221. The third kappa shape index (κ3) is 2.63. The number of fused-ring (bicyclic) bond motifs is 3. The zero-order chi connectivity index (χ0) is 16.5. The van der Waals surface area contributed by atoms with Gasteiger partial charge < -0.3 is 5.32 Å². The van der Waals surface area contributed by atoms with Gasteiger partial charge in [0.25, 0.3) is 5.91 Å². The second-order valence-corrected chi connectivity index (χ2v) is 6.72. The van der Waals surface area contributed by atoms with Gasteiger partial charge in [0, 0.05) is 23.7 Å². The first kappa shape index (κ1) is 15.4. The zero-order valence-corrected chi connectivity index (χ0v) is 14.1. The molecule has 24 heavy (non-hydrogen) atoms. The van der Waals surface area contributed by atoms with Crippen LogP contribution in [-0.2, 0) is 12.8 Å². The van der Waals surface area contributed by atoms with Crippen LogP contribution >= 0.6 is 0 Å². The number of carbonyl (C=O) groups excluding carboxylic acids is 1. The molecule has 0 spiro atoms. The molecule has 1 fully saturated rings. The van der Waals surface area contributed by atoms with Crippen LogP contribution in [0.5, 0.6) is 0 Å². The SMILES string of the molecule is CCN1CCC[C@H]1CNC(=O)c1[nH]nc2c1CCc1ccccc1-2. The number of likely N-dealkylation sites (tertiary alicyclic amines) is 1. The van der Waals surface area contributed by atoms with E-state index >= 15 is 0 Å². The Labute approximate surface area is 142 Å². The summed E-state index contributed by atoms with van der Waals surface area (Å²) in [6.07, 6.45) is 4.23. The fraction of sp³-hybridized carbons (Fsp3) is 0.474. The van der Waals surface area contributed by atoms with Crippen molar-refractivity contribution in [2.24, 2.45) is 0 Å². The molecule has 5 nitrogen and oxygen atoms in total. The molecular weight excluding hydrogens is 300 g/mol. The van der Waals surface area contributed by atoms with E-state index < -0.39 is 0 Å². The van der Waals surface area contributed by atoms with E-state index in [1.165, 1.54) is 18.4 Å². The van der Waals surface area contributed by atoms with Crippen molar-refractivity contribution in [1.29, 1.82) is 0 Å². The Morgan fingerprint density at radius 2 is 2.25 bits per heavy atom. The molecule has 1 amide bonds. The average molecular weight is 324 g/mol. The first-order valence-electron chi connectivity index (χ1n) is 8.95. The summed E-state index contributed by atoms with van der Waals surface area (Å²) >= 11 is 0. The van der Waals surface area contributed by atoms with Crippen molar-refractivity contribution in [3.8, 4) is 11.3 Å². The topological polar surface area (TPSA) is 61.0 Å². The lowest BCUT2D eigenvalue weighted by atomic mass is 9.89. The van der Waals surface area contributed by atoms with E-state index in [4.69, 9.17) is 0 Å². The van der Waals surface area contributed by atoms with Gasteiger partial charge in [-0.05, 0) is 44.3 Å². The summed E-state index contributed by atoms with van der Waals surface area (Å²) in [5.41, 5.74) is 5.11. The van der Waals surface area contributed by atoms with Crippen LogP contribution in [0.2, 0.25) is 0 Å². The van der Waals surface area contributed by atoms with Crippen LogP contribution in [0.4, 0.5) is 0 Å². The van der Waals surface area contributed by atoms with E-state index in [-0.39, 0.29) is 5.91 Å². The summed E-state index contributed by atoms with van der Waals surface area (Å²) in [4.78, 5) is 15.1. The lowest BCUT2D eigenvalue weighted by Crippen LogP contribution is -2.40. The standard InChI is InChI=1S/C19H24N4O/c1-2-23-11-5-7-14(23)12-20-19(24)18-16-10-9-13-6-3-4-8-15(13)17(16)21-22-18/h3-4,6,8,14H,2,5,7,9-12H2,1H3,(H,20,24)(H,21,22)/t14-/m0/s1. The van der Waals surface area contributed by atoms with Crippen LogP contribution in [-0.4, -0.2) is 46.7 Å². The number of nitrogens with one attached hydrogen (secondary N) is 2. The summed E-state index contributed by atoms with van der Waals surface area (Å²) in [6.45, 7) is 5.10. The lowest BCUT2D eigenvalue weighted by molar-refractivity contribution is 0.0935. The molecule has 4 rings (SSSR count). The summed E-state index contributed by atoms with van der Waals surface area (Å²) in [7, 11) is 0. The van der Waals surface area contributed by atoms with Gasteiger partial charge in [-0.2, -0.15) is 5.10 Å². The molecule has 0 saturated carbocycles. The predicted octanol–water partition coefficient (Wildman–Crippen LogP) is 2.39. The Bertz CT molecular complexity index is 752. The highest BCUT2D eigenvalue weighted by Crippen LogP contribution is 2.33. The van der Waals surface area contributed by atoms with E-state index in [9.17, 15) is 4.79 Å². The fourth-order valence-electron chi connectivity index (χ4n) is 4.09. The summed E-state index contributed by atoms with van der Waals surface area (Å²) < 4.78 is 0. The highest BCUT2D eigenvalue weighted by atomic mass is 16.1. The largest absolute Gasteiger partial charge is 0.349 e. The number of aryl methyl sites for hydroxylation is 1. The Hall–Kier alpha value is -2.14. The number of carbonyl (C=O) groups is 1. The maximum Gasteiger partial charge on any atom is 0.269 e. The van der Waals surface area contributed by atoms with Crippen LogP contribution in [0, 0.1) is 0 Å². The summed E-state index contributed by atoms with van der Waals surface area (Å²) in [6, 6.07) is 8.80. The molecule has 5 heteroatoms. The molecule has 126 valence electrons.